The Bertz CT molecular complexity index is 399. The molecule has 20 heavy (non-hydrogen) atoms. The van der Waals surface area contributed by atoms with Crippen LogP contribution in [0.2, 0.25) is 0 Å². The number of nitrogens with zero attached hydrogens (tertiary/aromatic N) is 1. The van der Waals surface area contributed by atoms with Gasteiger partial charge in [-0.15, -0.1) is 24.8 Å². The first-order chi connectivity index (χ1) is 8.77. The second-order valence-corrected chi connectivity index (χ2v) is 4.54. The Balaban J connectivity index is 0.00000180. The van der Waals surface area contributed by atoms with Crippen LogP contribution < -0.4 is 14.8 Å². The van der Waals surface area contributed by atoms with Gasteiger partial charge in [0.05, 0.1) is 14.2 Å². The quantitative estimate of drug-likeness (QED) is 0.923. The smallest absolute Gasteiger partial charge is 0.165 e. The average Bonchev–Trinajstić information content (AvgIpc) is 2.46. The molecule has 0 bridgehead atoms. The average molecular weight is 323 g/mol. The molecule has 6 heteroatoms. The Morgan fingerprint density at radius 2 is 1.75 bits per heavy atom. The fraction of sp³-hybridized carbons (Fsp3) is 0.571. The van der Waals surface area contributed by atoms with Crippen LogP contribution in [0, 0.1) is 0 Å². The van der Waals surface area contributed by atoms with Gasteiger partial charge in [-0.3, -0.25) is 4.90 Å². The highest BCUT2D eigenvalue weighted by Gasteiger charge is 2.22. The van der Waals surface area contributed by atoms with Crippen molar-refractivity contribution >= 4 is 24.8 Å². The number of nitrogens with one attached hydrogen (secondary N) is 1. The Hall–Kier alpha value is -0.680. The van der Waals surface area contributed by atoms with Gasteiger partial charge in [0.25, 0.3) is 0 Å². The number of rotatable bonds is 4. The van der Waals surface area contributed by atoms with E-state index >= 15 is 0 Å². The van der Waals surface area contributed by atoms with Gasteiger partial charge in [-0.2, -0.15) is 0 Å². The van der Waals surface area contributed by atoms with E-state index in [9.17, 15) is 0 Å². The molecule has 1 aliphatic heterocycles. The van der Waals surface area contributed by atoms with Crippen LogP contribution in [0.15, 0.2) is 18.2 Å². The van der Waals surface area contributed by atoms with Crippen molar-refractivity contribution in [2.24, 2.45) is 0 Å². The zero-order valence-corrected chi connectivity index (χ0v) is 13.9. The molecular weight excluding hydrogens is 299 g/mol. The monoisotopic (exact) mass is 322 g/mol. The van der Waals surface area contributed by atoms with Gasteiger partial charge in [0.2, 0.25) is 0 Å². The van der Waals surface area contributed by atoms with Gasteiger partial charge in [0.1, 0.15) is 0 Å². The van der Waals surface area contributed by atoms with Crippen LogP contribution in [0.4, 0.5) is 0 Å². The SMILES string of the molecule is COc1cccc([C@@H](C)N2CCNCC2)c1OC.Cl.Cl. The summed E-state index contributed by atoms with van der Waals surface area (Å²) in [5.41, 5.74) is 1.19. The van der Waals surface area contributed by atoms with Gasteiger partial charge in [-0.25, -0.2) is 0 Å². The van der Waals surface area contributed by atoms with Crippen molar-refractivity contribution in [1.82, 2.24) is 10.2 Å². The molecule has 0 amide bonds. The van der Waals surface area contributed by atoms with E-state index in [0.29, 0.717) is 6.04 Å². The molecule has 1 aromatic rings. The maximum absolute atomic E-state index is 5.51. The number of halogens is 2. The minimum absolute atomic E-state index is 0. The number of ether oxygens (including phenoxy) is 2. The number of benzene rings is 1. The number of hydrogen-bond donors (Lipinski definition) is 1. The molecule has 1 aromatic carbocycles. The molecule has 0 unspecified atom stereocenters. The summed E-state index contributed by atoms with van der Waals surface area (Å²) in [6.07, 6.45) is 0. The molecular formula is C14H24Cl2N2O2. The lowest BCUT2D eigenvalue weighted by molar-refractivity contribution is 0.182. The van der Waals surface area contributed by atoms with E-state index < -0.39 is 0 Å². The van der Waals surface area contributed by atoms with Crippen molar-refractivity contribution in [2.75, 3.05) is 40.4 Å². The highest BCUT2D eigenvalue weighted by atomic mass is 35.5. The van der Waals surface area contributed by atoms with Gasteiger partial charge in [0, 0.05) is 37.8 Å². The zero-order valence-electron chi connectivity index (χ0n) is 12.2. The first kappa shape index (κ1) is 19.3. The first-order valence-electron chi connectivity index (χ1n) is 6.43. The minimum Gasteiger partial charge on any atom is -0.493 e. The number of piperazine rings is 1. The molecule has 4 nitrogen and oxygen atoms in total. The lowest BCUT2D eigenvalue weighted by Crippen LogP contribution is -2.44. The first-order valence-corrected chi connectivity index (χ1v) is 6.43. The zero-order chi connectivity index (χ0) is 13.0. The van der Waals surface area contributed by atoms with Crippen LogP contribution in [0.1, 0.15) is 18.5 Å². The van der Waals surface area contributed by atoms with E-state index in [1.165, 1.54) is 5.56 Å². The molecule has 0 spiro atoms. The molecule has 1 atom stereocenters. The lowest BCUT2D eigenvalue weighted by atomic mass is 10.0. The van der Waals surface area contributed by atoms with Gasteiger partial charge < -0.3 is 14.8 Å². The lowest BCUT2D eigenvalue weighted by Gasteiger charge is -2.33. The Morgan fingerprint density at radius 3 is 2.30 bits per heavy atom. The molecule has 1 saturated heterocycles. The van der Waals surface area contributed by atoms with Crippen molar-refractivity contribution in [3.63, 3.8) is 0 Å². The number of hydrogen-bond acceptors (Lipinski definition) is 4. The second kappa shape index (κ2) is 9.29. The van der Waals surface area contributed by atoms with Gasteiger partial charge in [0.15, 0.2) is 11.5 Å². The second-order valence-electron chi connectivity index (χ2n) is 4.54. The molecule has 1 heterocycles. The van der Waals surface area contributed by atoms with Crippen molar-refractivity contribution < 1.29 is 9.47 Å². The molecule has 0 aliphatic carbocycles. The predicted molar refractivity (Wildman–Crippen MR) is 86.9 cm³/mol. The summed E-state index contributed by atoms with van der Waals surface area (Å²) in [4.78, 5) is 2.47. The minimum atomic E-state index is 0. The van der Waals surface area contributed by atoms with Crippen molar-refractivity contribution in [3.8, 4) is 11.5 Å². The third-order valence-electron chi connectivity index (χ3n) is 3.58. The third kappa shape index (κ3) is 4.16. The van der Waals surface area contributed by atoms with E-state index in [1.807, 2.05) is 12.1 Å². The maximum Gasteiger partial charge on any atom is 0.165 e. The highest BCUT2D eigenvalue weighted by Crippen LogP contribution is 2.36. The van der Waals surface area contributed by atoms with Crippen molar-refractivity contribution in [2.45, 2.75) is 13.0 Å². The summed E-state index contributed by atoms with van der Waals surface area (Å²) in [7, 11) is 3.38. The van der Waals surface area contributed by atoms with Gasteiger partial charge >= 0.3 is 0 Å². The van der Waals surface area contributed by atoms with Crippen LogP contribution in [0.5, 0.6) is 11.5 Å². The molecule has 0 aromatic heterocycles. The van der Waals surface area contributed by atoms with Crippen LogP contribution in [-0.2, 0) is 0 Å². The van der Waals surface area contributed by atoms with Crippen molar-refractivity contribution in [1.29, 1.82) is 0 Å². The van der Waals surface area contributed by atoms with Crippen LogP contribution in [0.25, 0.3) is 0 Å². The van der Waals surface area contributed by atoms with Gasteiger partial charge in [-0.05, 0) is 13.0 Å². The highest BCUT2D eigenvalue weighted by molar-refractivity contribution is 5.85. The fourth-order valence-corrected chi connectivity index (χ4v) is 2.51. The van der Waals surface area contributed by atoms with E-state index in [0.717, 1.165) is 37.7 Å². The molecule has 2 rings (SSSR count). The standard InChI is InChI=1S/C14H22N2O2.2ClH/c1-11(16-9-7-15-8-10-16)12-5-4-6-13(17-2)14(12)18-3;;/h4-6,11,15H,7-10H2,1-3H3;2*1H/t11-;;/m1../s1. The van der Waals surface area contributed by atoms with Crippen LogP contribution >= 0.6 is 24.8 Å². The van der Waals surface area contributed by atoms with E-state index in [-0.39, 0.29) is 24.8 Å². The normalized spacial score (nSPS) is 16.6. The number of methoxy groups -OCH3 is 2. The Labute approximate surface area is 133 Å². The van der Waals surface area contributed by atoms with Crippen molar-refractivity contribution in [3.05, 3.63) is 23.8 Å². The topological polar surface area (TPSA) is 33.7 Å². The molecule has 1 fully saturated rings. The summed E-state index contributed by atoms with van der Waals surface area (Å²) in [5, 5.41) is 3.37. The van der Waals surface area contributed by atoms with Crippen LogP contribution in [-0.4, -0.2) is 45.3 Å². The molecule has 116 valence electrons. The van der Waals surface area contributed by atoms with Gasteiger partial charge in [-0.1, -0.05) is 12.1 Å². The molecule has 0 saturated carbocycles. The summed E-state index contributed by atoms with van der Waals surface area (Å²) in [6.45, 7) is 6.47. The Morgan fingerprint density at radius 1 is 1.10 bits per heavy atom. The summed E-state index contributed by atoms with van der Waals surface area (Å²) < 4.78 is 10.9. The van der Waals surface area contributed by atoms with E-state index in [2.05, 4.69) is 23.2 Å². The summed E-state index contributed by atoms with van der Waals surface area (Å²) in [5.74, 6) is 1.66. The summed E-state index contributed by atoms with van der Waals surface area (Å²) >= 11 is 0. The fourth-order valence-electron chi connectivity index (χ4n) is 2.51. The van der Waals surface area contributed by atoms with Crippen LogP contribution in [0.3, 0.4) is 0 Å². The third-order valence-corrected chi connectivity index (χ3v) is 3.58. The number of para-hydroxylation sites is 1. The Kier molecular flexibility index (Phi) is 8.98. The van der Waals surface area contributed by atoms with E-state index in [4.69, 9.17) is 9.47 Å². The van der Waals surface area contributed by atoms with E-state index in [1.54, 1.807) is 14.2 Å². The molecule has 1 N–H and O–H groups in total. The molecule has 0 radical (unpaired) electrons. The predicted octanol–water partition coefficient (Wildman–Crippen LogP) is 2.51. The maximum atomic E-state index is 5.51. The largest absolute Gasteiger partial charge is 0.493 e. The molecule has 1 aliphatic rings. The summed E-state index contributed by atoms with van der Waals surface area (Å²) in [6, 6.07) is 6.42.